The van der Waals surface area contributed by atoms with Gasteiger partial charge in [0.25, 0.3) is 5.56 Å². The van der Waals surface area contributed by atoms with E-state index in [-0.39, 0.29) is 30.1 Å². The Balaban J connectivity index is 1.78. The predicted octanol–water partition coefficient (Wildman–Crippen LogP) is 3.61. The van der Waals surface area contributed by atoms with Gasteiger partial charge in [0.15, 0.2) is 0 Å². The number of pyridine rings is 1. The van der Waals surface area contributed by atoms with E-state index in [1.54, 1.807) is 47.9 Å². The predicted molar refractivity (Wildman–Crippen MR) is 142 cm³/mol. The molecule has 0 radical (unpaired) electrons. The van der Waals surface area contributed by atoms with Gasteiger partial charge in [-0.15, -0.1) is 0 Å². The van der Waals surface area contributed by atoms with E-state index in [2.05, 4.69) is 4.98 Å². The van der Waals surface area contributed by atoms with Crippen molar-refractivity contribution in [3.63, 3.8) is 0 Å². The molecule has 0 unspecified atom stereocenters. The molecule has 200 valence electrons. The van der Waals surface area contributed by atoms with E-state index < -0.39 is 27.4 Å². The van der Waals surface area contributed by atoms with Crippen LogP contribution >= 0.6 is 0 Å². The number of primary sulfonamides is 1. The zero-order valence-electron chi connectivity index (χ0n) is 21.2. The van der Waals surface area contributed by atoms with Crippen molar-refractivity contribution >= 4 is 27.0 Å². The smallest absolute Gasteiger partial charge is 0.326 e. The summed E-state index contributed by atoms with van der Waals surface area (Å²) < 4.78 is 47.4. The minimum Gasteiger partial charge on any atom is -0.465 e. The number of hydrogen-bond donors (Lipinski definition) is 1. The fraction of sp³-hybridized carbons (Fsp3) is 0.296. The Kier molecular flexibility index (Phi) is 8.08. The fourth-order valence-corrected chi connectivity index (χ4v) is 5.12. The van der Waals surface area contributed by atoms with Gasteiger partial charge in [0.2, 0.25) is 10.0 Å². The third kappa shape index (κ3) is 5.68. The summed E-state index contributed by atoms with van der Waals surface area (Å²) in [6, 6.07) is 12.2. The Labute approximate surface area is 219 Å². The van der Waals surface area contributed by atoms with Crippen molar-refractivity contribution in [2.45, 2.75) is 51.1 Å². The first-order valence-electron chi connectivity index (χ1n) is 12.3. The molecule has 0 fully saturated rings. The molecule has 2 aromatic heterocycles. The van der Waals surface area contributed by atoms with Crippen LogP contribution in [-0.4, -0.2) is 35.1 Å². The molecule has 4 aromatic rings. The van der Waals surface area contributed by atoms with Crippen LogP contribution in [0.5, 0.6) is 0 Å². The number of aromatic nitrogens is 3. The maximum atomic E-state index is 15.4. The third-order valence-electron chi connectivity index (χ3n) is 6.19. The number of unbranched alkanes of at least 4 members (excludes halogenated alkanes) is 1. The average molecular weight is 541 g/mol. The number of esters is 1. The molecule has 0 aliphatic heterocycles. The number of halogens is 1. The Morgan fingerprint density at radius 2 is 1.89 bits per heavy atom. The van der Waals surface area contributed by atoms with Crippen LogP contribution in [0.1, 0.15) is 38.1 Å². The van der Waals surface area contributed by atoms with E-state index in [0.29, 0.717) is 34.5 Å². The highest BCUT2D eigenvalue weighted by atomic mass is 32.2. The van der Waals surface area contributed by atoms with Crippen LogP contribution in [0.15, 0.2) is 64.4 Å². The quantitative estimate of drug-likeness (QED) is 0.306. The highest BCUT2D eigenvalue weighted by Gasteiger charge is 2.19. The lowest BCUT2D eigenvalue weighted by atomic mass is 10.0. The number of rotatable bonds is 10. The molecule has 0 spiro atoms. The third-order valence-corrected chi connectivity index (χ3v) is 7.16. The molecule has 11 heteroatoms. The van der Waals surface area contributed by atoms with Crippen molar-refractivity contribution in [2.24, 2.45) is 5.14 Å². The van der Waals surface area contributed by atoms with Gasteiger partial charge in [0.05, 0.1) is 23.6 Å². The summed E-state index contributed by atoms with van der Waals surface area (Å²) in [5.41, 5.74) is 1.24. The van der Waals surface area contributed by atoms with Crippen molar-refractivity contribution in [1.82, 2.24) is 14.1 Å². The van der Waals surface area contributed by atoms with Gasteiger partial charge in [-0.1, -0.05) is 43.7 Å². The first-order chi connectivity index (χ1) is 18.1. The number of nitrogens with two attached hydrogens (primary N) is 1. The highest BCUT2D eigenvalue weighted by Crippen LogP contribution is 2.28. The molecule has 0 saturated heterocycles. The molecular weight excluding hydrogens is 511 g/mol. The summed E-state index contributed by atoms with van der Waals surface area (Å²) >= 11 is 0. The summed E-state index contributed by atoms with van der Waals surface area (Å²) in [5, 5.41) is 5.34. The number of fused-ring (bicyclic) bond motifs is 1. The van der Waals surface area contributed by atoms with Gasteiger partial charge in [-0.3, -0.25) is 9.59 Å². The van der Waals surface area contributed by atoms with Gasteiger partial charge >= 0.3 is 5.97 Å². The molecule has 0 aliphatic rings. The minimum atomic E-state index is -4.01. The molecule has 4 rings (SSSR count). The fourth-order valence-electron chi connectivity index (χ4n) is 4.36. The van der Waals surface area contributed by atoms with Gasteiger partial charge in [-0.05, 0) is 37.1 Å². The molecule has 38 heavy (non-hydrogen) atoms. The largest absolute Gasteiger partial charge is 0.465 e. The normalized spacial score (nSPS) is 11.7. The van der Waals surface area contributed by atoms with Gasteiger partial charge in [-0.25, -0.2) is 22.9 Å². The molecule has 0 bridgehead atoms. The number of hydrogen-bond acceptors (Lipinski definition) is 6. The monoisotopic (exact) mass is 540 g/mol. The Morgan fingerprint density at radius 1 is 1.13 bits per heavy atom. The molecule has 2 heterocycles. The SMILES string of the molecule is CCCCc1nc2ccn(CC(=O)OCC)c(=O)c2n1Cc1ccc(-c2ccccc2S(N)(=O)=O)cc1F. The zero-order chi connectivity index (χ0) is 27.4. The lowest BCUT2D eigenvalue weighted by Crippen LogP contribution is -2.26. The number of carbonyl (C=O) groups is 1. The van der Waals surface area contributed by atoms with E-state index >= 15 is 4.39 Å². The van der Waals surface area contributed by atoms with Crippen LogP contribution < -0.4 is 10.7 Å². The maximum Gasteiger partial charge on any atom is 0.326 e. The van der Waals surface area contributed by atoms with Crippen LogP contribution in [0.2, 0.25) is 0 Å². The molecule has 2 aromatic carbocycles. The molecule has 0 aliphatic carbocycles. The van der Waals surface area contributed by atoms with E-state index in [1.165, 1.54) is 22.9 Å². The zero-order valence-corrected chi connectivity index (χ0v) is 22.0. The van der Waals surface area contributed by atoms with Crippen molar-refractivity contribution in [3.8, 4) is 11.1 Å². The number of benzene rings is 2. The number of aryl methyl sites for hydroxylation is 1. The topological polar surface area (TPSA) is 126 Å². The molecular formula is C27H29FN4O5S. The Morgan fingerprint density at radius 3 is 2.58 bits per heavy atom. The van der Waals surface area contributed by atoms with Gasteiger partial charge < -0.3 is 13.9 Å². The second-order valence-electron chi connectivity index (χ2n) is 8.85. The molecule has 9 nitrogen and oxygen atoms in total. The standard InChI is InChI=1S/C27H29FN4O5S/c1-3-5-10-24-30-22-13-14-31(17-25(33)37-4-2)27(34)26(22)32(24)16-19-12-11-18(15-21(19)28)20-8-6-7-9-23(20)38(29,35)36/h6-9,11-15H,3-5,10,16-17H2,1-2H3,(H2,29,35,36). The van der Waals surface area contributed by atoms with Crippen LogP contribution in [0.25, 0.3) is 22.2 Å². The Hall–Kier alpha value is -3.83. The van der Waals surface area contributed by atoms with Gasteiger partial charge in [0.1, 0.15) is 23.7 Å². The maximum absolute atomic E-state index is 15.4. The number of nitrogens with zero attached hydrogens (tertiary/aromatic N) is 3. The van der Waals surface area contributed by atoms with Crippen LogP contribution in [0, 0.1) is 5.82 Å². The summed E-state index contributed by atoms with van der Waals surface area (Å²) in [7, 11) is -4.01. The molecule has 0 amide bonds. The van der Waals surface area contributed by atoms with Crippen molar-refractivity contribution in [1.29, 1.82) is 0 Å². The van der Waals surface area contributed by atoms with E-state index in [0.717, 1.165) is 12.8 Å². The highest BCUT2D eigenvalue weighted by molar-refractivity contribution is 7.89. The summed E-state index contributed by atoms with van der Waals surface area (Å²) in [4.78, 5) is 29.9. The summed E-state index contributed by atoms with van der Waals surface area (Å²) in [6.07, 6.45) is 3.82. The first kappa shape index (κ1) is 27.2. The van der Waals surface area contributed by atoms with Crippen molar-refractivity contribution < 1.29 is 22.3 Å². The lowest BCUT2D eigenvalue weighted by Gasteiger charge is -2.13. The average Bonchev–Trinajstić information content (AvgIpc) is 3.23. The number of carbonyl (C=O) groups excluding carboxylic acids is 1. The molecule has 0 atom stereocenters. The minimum absolute atomic E-state index is 0.0250. The Bertz CT molecular complexity index is 1660. The van der Waals surface area contributed by atoms with Crippen LogP contribution in [-0.2, 0) is 39.1 Å². The number of ether oxygens (including phenoxy) is 1. The lowest BCUT2D eigenvalue weighted by molar-refractivity contribution is -0.143. The number of imidazole rings is 1. The first-order valence-corrected chi connectivity index (χ1v) is 13.8. The van der Waals surface area contributed by atoms with Crippen molar-refractivity contribution in [3.05, 3.63) is 82.3 Å². The van der Waals surface area contributed by atoms with Crippen molar-refractivity contribution in [2.75, 3.05) is 6.61 Å². The van der Waals surface area contributed by atoms with Gasteiger partial charge in [0, 0.05) is 23.7 Å². The van der Waals surface area contributed by atoms with E-state index in [9.17, 15) is 18.0 Å². The van der Waals surface area contributed by atoms with Crippen LogP contribution in [0.4, 0.5) is 4.39 Å². The number of sulfonamides is 1. The van der Waals surface area contributed by atoms with Gasteiger partial charge in [-0.2, -0.15) is 0 Å². The van der Waals surface area contributed by atoms with Crippen LogP contribution in [0.3, 0.4) is 0 Å². The second-order valence-corrected chi connectivity index (χ2v) is 10.4. The summed E-state index contributed by atoms with van der Waals surface area (Å²) in [5.74, 6) is -0.471. The second kappa shape index (κ2) is 11.3. The molecule has 2 N–H and O–H groups in total. The molecule has 0 saturated carbocycles. The summed E-state index contributed by atoms with van der Waals surface area (Å²) in [6.45, 7) is 3.71. The van der Waals surface area contributed by atoms with E-state index in [1.807, 2.05) is 6.92 Å². The van der Waals surface area contributed by atoms with E-state index in [4.69, 9.17) is 9.88 Å².